The van der Waals surface area contributed by atoms with Crippen molar-refractivity contribution in [1.29, 1.82) is 0 Å². The van der Waals surface area contributed by atoms with Crippen molar-refractivity contribution in [2.24, 2.45) is 17.8 Å². The number of carbonyl (C=O) groups is 1. The lowest BCUT2D eigenvalue weighted by atomic mass is 9.48. The molecule has 4 bridgehead atoms. The Balaban J connectivity index is 1.36. The van der Waals surface area contributed by atoms with Gasteiger partial charge in [-0.1, -0.05) is 48.2 Å². The molecule has 3 nitrogen and oxygen atoms in total. The number of carbonyl (C=O) groups excluding carboxylic acids is 1. The third kappa shape index (κ3) is 3.32. The van der Waals surface area contributed by atoms with Crippen LogP contribution in [0.25, 0.3) is 6.08 Å². The van der Waals surface area contributed by atoms with Gasteiger partial charge in [0, 0.05) is 5.56 Å². The van der Waals surface area contributed by atoms with E-state index in [9.17, 15) is 4.79 Å². The molecule has 1 amide bonds. The molecule has 5 heteroatoms. The van der Waals surface area contributed by atoms with Crippen LogP contribution in [0.15, 0.2) is 53.4 Å². The fourth-order valence-corrected chi connectivity index (χ4v) is 8.34. The number of thiocarbonyl (C=S) groups is 1. The Morgan fingerprint density at radius 1 is 1.03 bits per heavy atom. The van der Waals surface area contributed by atoms with Crippen molar-refractivity contribution in [1.82, 2.24) is 0 Å². The fourth-order valence-electron chi connectivity index (χ4n) is 7.05. The Morgan fingerprint density at radius 3 is 2.31 bits per heavy atom. The summed E-state index contributed by atoms with van der Waals surface area (Å²) in [6.07, 6.45) is 10.2. The number of amides is 1. The minimum Gasteiger partial charge on any atom is -0.496 e. The number of rotatable bonds is 4. The molecular weight excluding hydrogens is 434 g/mol. The number of benzene rings is 2. The van der Waals surface area contributed by atoms with Gasteiger partial charge in [0.2, 0.25) is 0 Å². The molecule has 0 aromatic heterocycles. The van der Waals surface area contributed by atoms with Crippen molar-refractivity contribution in [2.75, 3.05) is 12.0 Å². The molecule has 32 heavy (non-hydrogen) atoms. The molecule has 2 aromatic carbocycles. The van der Waals surface area contributed by atoms with Crippen molar-refractivity contribution in [3.8, 4) is 5.75 Å². The molecule has 5 fully saturated rings. The van der Waals surface area contributed by atoms with Crippen LogP contribution in [0.1, 0.15) is 49.7 Å². The van der Waals surface area contributed by atoms with Crippen molar-refractivity contribution < 1.29 is 9.53 Å². The molecular formula is C27H27NO2S2. The summed E-state index contributed by atoms with van der Waals surface area (Å²) in [7, 11) is 1.70. The second kappa shape index (κ2) is 7.74. The third-order valence-electron chi connectivity index (χ3n) is 7.98. The van der Waals surface area contributed by atoms with Crippen LogP contribution in [0.4, 0.5) is 5.69 Å². The lowest BCUT2D eigenvalue weighted by Gasteiger charge is -2.57. The second-order valence-corrected chi connectivity index (χ2v) is 11.7. The SMILES string of the molecule is COc1ccc(C23CC4CC(CC(C4)C2)C3)cc1/C=C1/SC(=S)N(c2ccccc2)C1=O. The van der Waals surface area contributed by atoms with Crippen LogP contribution in [0, 0.1) is 17.8 Å². The van der Waals surface area contributed by atoms with E-state index in [0.717, 1.165) is 34.8 Å². The highest BCUT2D eigenvalue weighted by molar-refractivity contribution is 8.27. The van der Waals surface area contributed by atoms with Crippen molar-refractivity contribution >= 4 is 46.0 Å². The molecule has 1 heterocycles. The van der Waals surface area contributed by atoms with E-state index in [-0.39, 0.29) is 5.91 Å². The number of thioether (sulfide) groups is 1. The summed E-state index contributed by atoms with van der Waals surface area (Å²) in [5.74, 6) is 3.44. The Kier molecular flexibility index (Phi) is 4.96. The van der Waals surface area contributed by atoms with Crippen LogP contribution < -0.4 is 9.64 Å². The predicted octanol–water partition coefficient (Wildman–Crippen LogP) is 6.57. The molecule has 0 radical (unpaired) electrons. The average molecular weight is 462 g/mol. The third-order valence-corrected chi connectivity index (χ3v) is 9.28. The summed E-state index contributed by atoms with van der Waals surface area (Å²) < 4.78 is 6.26. The summed E-state index contributed by atoms with van der Waals surface area (Å²) in [5, 5.41) is 0. The Hall–Kier alpha value is -2.11. The molecule has 1 aliphatic heterocycles. The first-order valence-electron chi connectivity index (χ1n) is 11.6. The van der Waals surface area contributed by atoms with Gasteiger partial charge in [-0.2, -0.15) is 0 Å². The lowest BCUT2D eigenvalue weighted by Crippen LogP contribution is -2.48. The Morgan fingerprint density at radius 2 is 1.69 bits per heavy atom. The van der Waals surface area contributed by atoms with Gasteiger partial charge in [-0.15, -0.1) is 0 Å². The second-order valence-electron chi connectivity index (χ2n) is 10.0. The number of anilines is 1. The van der Waals surface area contributed by atoms with Crippen LogP contribution in [-0.4, -0.2) is 17.3 Å². The van der Waals surface area contributed by atoms with Crippen LogP contribution in [0.5, 0.6) is 5.75 Å². The van der Waals surface area contributed by atoms with Gasteiger partial charge in [0.25, 0.3) is 5.91 Å². The zero-order chi connectivity index (χ0) is 21.9. The standard InChI is InChI=1S/C27H27NO2S2/c1-30-23-8-7-21(27-14-17-9-18(15-27)11-19(10-17)16-27)12-20(23)13-24-25(29)28(26(31)32-24)22-5-3-2-4-6-22/h2-8,12-13,17-19H,9-11,14-16H2,1H3/b24-13+. The maximum Gasteiger partial charge on any atom is 0.270 e. The molecule has 4 aliphatic carbocycles. The first-order valence-corrected chi connectivity index (χ1v) is 12.8. The van der Waals surface area contributed by atoms with E-state index >= 15 is 0 Å². The zero-order valence-corrected chi connectivity index (χ0v) is 19.9. The van der Waals surface area contributed by atoms with E-state index in [1.54, 1.807) is 12.0 Å². The normalized spacial score (nSPS) is 32.2. The molecule has 1 saturated heterocycles. The minimum atomic E-state index is -0.0616. The van der Waals surface area contributed by atoms with Crippen molar-refractivity contribution in [3.63, 3.8) is 0 Å². The highest BCUT2D eigenvalue weighted by atomic mass is 32.2. The molecule has 0 spiro atoms. The number of hydrogen-bond acceptors (Lipinski definition) is 4. The first kappa shape index (κ1) is 20.5. The van der Waals surface area contributed by atoms with E-state index in [1.807, 2.05) is 36.4 Å². The number of para-hydroxylation sites is 1. The van der Waals surface area contributed by atoms with Gasteiger partial charge < -0.3 is 4.74 Å². The van der Waals surface area contributed by atoms with Gasteiger partial charge in [-0.05, 0) is 97.6 Å². The largest absolute Gasteiger partial charge is 0.496 e. The lowest BCUT2D eigenvalue weighted by molar-refractivity contribution is -0.113. The number of ether oxygens (including phenoxy) is 1. The molecule has 0 N–H and O–H groups in total. The topological polar surface area (TPSA) is 29.5 Å². The molecule has 164 valence electrons. The van der Waals surface area contributed by atoms with Gasteiger partial charge in [-0.3, -0.25) is 9.69 Å². The van der Waals surface area contributed by atoms with Crippen LogP contribution >= 0.6 is 24.0 Å². The van der Waals surface area contributed by atoms with E-state index in [4.69, 9.17) is 17.0 Å². The first-order chi connectivity index (χ1) is 15.5. The van der Waals surface area contributed by atoms with Gasteiger partial charge in [0.05, 0.1) is 17.7 Å². The predicted molar refractivity (Wildman–Crippen MR) is 135 cm³/mol. The number of nitrogens with zero attached hydrogens (tertiary/aromatic N) is 1. The number of hydrogen-bond donors (Lipinski definition) is 0. The quantitative estimate of drug-likeness (QED) is 0.380. The summed E-state index contributed by atoms with van der Waals surface area (Å²) in [6, 6.07) is 16.3. The van der Waals surface area contributed by atoms with Gasteiger partial charge in [0.15, 0.2) is 4.32 Å². The Bertz CT molecular complexity index is 1090. The fraction of sp³-hybridized carbons (Fsp3) is 0.407. The smallest absolute Gasteiger partial charge is 0.270 e. The molecule has 4 saturated carbocycles. The van der Waals surface area contributed by atoms with Crippen molar-refractivity contribution in [3.05, 3.63) is 64.6 Å². The molecule has 0 unspecified atom stereocenters. The van der Waals surface area contributed by atoms with Crippen LogP contribution in [0.3, 0.4) is 0 Å². The summed E-state index contributed by atoms with van der Waals surface area (Å²) >= 11 is 6.92. The summed E-state index contributed by atoms with van der Waals surface area (Å²) in [4.78, 5) is 15.5. The minimum absolute atomic E-state index is 0.0616. The zero-order valence-electron chi connectivity index (χ0n) is 18.3. The number of methoxy groups -OCH3 is 1. The summed E-state index contributed by atoms with van der Waals surface area (Å²) in [6.45, 7) is 0. The van der Waals surface area contributed by atoms with E-state index in [2.05, 4.69) is 18.2 Å². The molecule has 0 atom stereocenters. The van der Waals surface area contributed by atoms with E-state index < -0.39 is 0 Å². The van der Waals surface area contributed by atoms with Crippen LogP contribution in [-0.2, 0) is 10.2 Å². The van der Waals surface area contributed by atoms with Crippen LogP contribution in [0.2, 0.25) is 0 Å². The van der Waals surface area contributed by atoms with Gasteiger partial charge >= 0.3 is 0 Å². The highest BCUT2D eigenvalue weighted by Gasteiger charge is 2.51. The van der Waals surface area contributed by atoms with Gasteiger partial charge in [-0.25, -0.2) is 0 Å². The molecule has 7 rings (SSSR count). The maximum atomic E-state index is 13.2. The maximum absolute atomic E-state index is 13.2. The van der Waals surface area contributed by atoms with E-state index in [0.29, 0.717) is 14.6 Å². The molecule has 5 aliphatic rings. The van der Waals surface area contributed by atoms with Gasteiger partial charge in [0.1, 0.15) is 5.75 Å². The average Bonchev–Trinajstić information content (AvgIpc) is 3.06. The Labute approximate surface area is 199 Å². The van der Waals surface area contributed by atoms with Crippen molar-refractivity contribution in [2.45, 2.75) is 43.9 Å². The van der Waals surface area contributed by atoms with E-state index in [1.165, 1.54) is 55.9 Å². The monoisotopic (exact) mass is 461 g/mol. The highest BCUT2D eigenvalue weighted by Crippen LogP contribution is 2.61. The summed E-state index contributed by atoms with van der Waals surface area (Å²) in [5.41, 5.74) is 3.54. The molecule has 2 aromatic rings.